The third-order valence-electron chi connectivity index (χ3n) is 3.25. The topological polar surface area (TPSA) is 75.3 Å². The van der Waals surface area contributed by atoms with Crippen molar-refractivity contribution in [3.63, 3.8) is 0 Å². The molecule has 0 heterocycles. The molecule has 0 spiro atoms. The lowest BCUT2D eigenvalue weighted by Gasteiger charge is -2.26. The fraction of sp³-hybridized carbons (Fsp3) is 0.909. The first-order chi connectivity index (χ1) is 7.12. The Hall–Kier alpha value is -0.610. The average Bonchev–Trinajstić information content (AvgIpc) is 2.65. The molecule has 1 saturated carbocycles. The van der Waals surface area contributed by atoms with E-state index >= 15 is 0 Å². The summed E-state index contributed by atoms with van der Waals surface area (Å²) in [6.07, 6.45) is 5.10. The van der Waals surface area contributed by atoms with Crippen LogP contribution in [0.4, 0.5) is 0 Å². The van der Waals surface area contributed by atoms with Crippen molar-refractivity contribution in [1.82, 2.24) is 5.32 Å². The molecular weight excluding hydrogens is 192 g/mol. The van der Waals surface area contributed by atoms with Gasteiger partial charge in [-0.1, -0.05) is 19.8 Å². The molecule has 1 aliphatic carbocycles. The van der Waals surface area contributed by atoms with Crippen LogP contribution < -0.4 is 11.1 Å². The van der Waals surface area contributed by atoms with Crippen molar-refractivity contribution in [2.75, 3.05) is 6.61 Å². The minimum atomic E-state index is -0.650. The van der Waals surface area contributed by atoms with E-state index in [2.05, 4.69) is 5.32 Å². The maximum Gasteiger partial charge on any atom is 0.240 e. The Morgan fingerprint density at radius 1 is 1.53 bits per heavy atom. The van der Waals surface area contributed by atoms with Crippen LogP contribution in [-0.4, -0.2) is 29.2 Å². The maximum absolute atomic E-state index is 11.9. The molecule has 1 atom stereocenters. The molecule has 1 amide bonds. The second kappa shape index (κ2) is 5.47. The monoisotopic (exact) mass is 214 g/mol. The second-order valence-corrected chi connectivity index (χ2v) is 4.45. The predicted molar refractivity (Wildman–Crippen MR) is 59.3 cm³/mol. The van der Waals surface area contributed by atoms with E-state index in [1.165, 1.54) is 0 Å². The van der Waals surface area contributed by atoms with Crippen molar-refractivity contribution in [3.05, 3.63) is 0 Å². The van der Waals surface area contributed by atoms with Gasteiger partial charge in [0.1, 0.15) is 0 Å². The molecule has 4 nitrogen and oxygen atoms in total. The summed E-state index contributed by atoms with van der Waals surface area (Å²) in [7, 11) is 0. The molecule has 0 aromatic rings. The molecule has 0 saturated heterocycles. The standard InChI is InChI=1S/C11H22N2O2/c1-2-9(5-8-14)13-10(15)11(12)6-3-4-7-11/h9,14H,2-8,12H2,1H3,(H,13,15). The number of amides is 1. The third-order valence-corrected chi connectivity index (χ3v) is 3.25. The van der Waals surface area contributed by atoms with E-state index in [9.17, 15) is 4.79 Å². The van der Waals surface area contributed by atoms with Crippen molar-refractivity contribution in [1.29, 1.82) is 0 Å². The molecule has 1 rings (SSSR count). The molecule has 1 fully saturated rings. The van der Waals surface area contributed by atoms with E-state index in [4.69, 9.17) is 10.8 Å². The first-order valence-corrected chi connectivity index (χ1v) is 5.83. The van der Waals surface area contributed by atoms with Gasteiger partial charge in [0.2, 0.25) is 5.91 Å². The van der Waals surface area contributed by atoms with Gasteiger partial charge in [0, 0.05) is 12.6 Å². The van der Waals surface area contributed by atoms with Gasteiger partial charge in [0.25, 0.3) is 0 Å². The number of rotatable bonds is 5. The molecule has 15 heavy (non-hydrogen) atoms. The molecule has 4 N–H and O–H groups in total. The molecule has 0 aromatic carbocycles. The molecule has 1 unspecified atom stereocenters. The van der Waals surface area contributed by atoms with Crippen LogP contribution in [0.15, 0.2) is 0 Å². The molecule has 1 aliphatic rings. The van der Waals surface area contributed by atoms with Crippen molar-refractivity contribution in [2.45, 2.75) is 57.0 Å². The van der Waals surface area contributed by atoms with Crippen LogP contribution >= 0.6 is 0 Å². The van der Waals surface area contributed by atoms with Gasteiger partial charge in [-0.3, -0.25) is 4.79 Å². The lowest BCUT2D eigenvalue weighted by Crippen LogP contribution is -2.54. The van der Waals surface area contributed by atoms with Crippen LogP contribution in [-0.2, 0) is 4.79 Å². The van der Waals surface area contributed by atoms with E-state index in [0.29, 0.717) is 6.42 Å². The van der Waals surface area contributed by atoms with Crippen LogP contribution in [0.25, 0.3) is 0 Å². The van der Waals surface area contributed by atoms with E-state index in [-0.39, 0.29) is 18.6 Å². The van der Waals surface area contributed by atoms with Gasteiger partial charge in [-0.05, 0) is 25.7 Å². The molecule has 0 aromatic heterocycles. The highest BCUT2D eigenvalue weighted by molar-refractivity contribution is 5.86. The first kappa shape index (κ1) is 12.5. The Kier molecular flexibility index (Phi) is 4.54. The van der Waals surface area contributed by atoms with E-state index in [0.717, 1.165) is 32.1 Å². The minimum absolute atomic E-state index is 0.0414. The highest BCUT2D eigenvalue weighted by atomic mass is 16.3. The normalized spacial score (nSPS) is 21.3. The number of carbonyl (C=O) groups is 1. The van der Waals surface area contributed by atoms with Gasteiger partial charge >= 0.3 is 0 Å². The van der Waals surface area contributed by atoms with Crippen molar-refractivity contribution >= 4 is 5.91 Å². The van der Waals surface area contributed by atoms with Crippen LogP contribution in [0.5, 0.6) is 0 Å². The van der Waals surface area contributed by atoms with Crippen LogP contribution in [0, 0.1) is 0 Å². The Morgan fingerprint density at radius 3 is 2.60 bits per heavy atom. The van der Waals surface area contributed by atoms with Gasteiger partial charge in [-0.2, -0.15) is 0 Å². The molecule has 0 radical (unpaired) electrons. The number of hydrogen-bond acceptors (Lipinski definition) is 3. The van der Waals surface area contributed by atoms with E-state index in [1.807, 2.05) is 6.92 Å². The fourth-order valence-electron chi connectivity index (χ4n) is 2.10. The number of aliphatic hydroxyl groups is 1. The number of hydrogen-bond donors (Lipinski definition) is 3. The summed E-state index contributed by atoms with van der Waals surface area (Å²) in [6.45, 7) is 2.11. The SMILES string of the molecule is CCC(CCO)NC(=O)C1(N)CCCC1. The Morgan fingerprint density at radius 2 is 2.13 bits per heavy atom. The van der Waals surface area contributed by atoms with Gasteiger partial charge in [-0.15, -0.1) is 0 Å². The number of carbonyl (C=O) groups excluding carboxylic acids is 1. The van der Waals surface area contributed by atoms with Crippen molar-refractivity contribution < 1.29 is 9.90 Å². The summed E-state index contributed by atoms with van der Waals surface area (Å²) in [5.74, 6) is -0.0414. The van der Waals surface area contributed by atoms with Gasteiger partial charge in [0.15, 0.2) is 0 Å². The largest absolute Gasteiger partial charge is 0.396 e. The fourth-order valence-corrected chi connectivity index (χ4v) is 2.10. The van der Waals surface area contributed by atoms with E-state index in [1.54, 1.807) is 0 Å². The van der Waals surface area contributed by atoms with Gasteiger partial charge in [-0.25, -0.2) is 0 Å². The average molecular weight is 214 g/mol. The Balaban J connectivity index is 2.45. The molecule has 0 aliphatic heterocycles. The molecule has 0 bridgehead atoms. The first-order valence-electron chi connectivity index (χ1n) is 5.83. The van der Waals surface area contributed by atoms with Gasteiger partial charge < -0.3 is 16.2 Å². The number of nitrogens with two attached hydrogens (primary N) is 1. The second-order valence-electron chi connectivity index (χ2n) is 4.45. The third kappa shape index (κ3) is 3.18. The number of nitrogens with one attached hydrogen (secondary N) is 1. The van der Waals surface area contributed by atoms with E-state index < -0.39 is 5.54 Å². The summed E-state index contributed by atoms with van der Waals surface area (Å²) in [5, 5.41) is 11.8. The lowest BCUT2D eigenvalue weighted by molar-refractivity contribution is -0.127. The zero-order chi connectivity index (χ0) is 11.3. The Bertz CT molecular complexity index is 213. The molecular formula is C11H22N2O2. The summed E-state index contributed by atoms with van der Waals surface area (Å²) in [5.41, 5.74) is 5.38. The predicted octanol–water partition coefficient (Wildman–Crippen LogP) is 0.535. The minimum Gasteiger partial charge on any atom is -0.396 e. The summed E-state index contributed by atoms with van der Waals surface area (Å²) < 4.78 is 0. The summed E-state index contributed by atoms with van der Waals surface area (Å²) >= 11 is 0. The molecule has 88 valence electrons. The molecule has 4 heteroatoms. The van der Waals surface area contributed by atoms with Crippen molar-refractivity contribution in [2.24, 2.45) is 5.73 Å². The highest BCUT2D eigenvalue weighted by Gasteiger charge is 2.37. The van der Waals surface area contributed by atoms with Crippen LogP contribution in [0.2, 0.25) is 0 Å². The Labute approximate surface area is 91.2 Å². The highest BCUT2D eigenvalue weighted by Crippen LogP contribution is 2.27. The summed E-state index contributed by atoms with van der Waals surface area (Å²) in [6, 6.07) is 0.0588. The van der Waals surface area contributed by atoms with Crippen LogP contribution in [0.3, 0.4) is 0 Å². The zero-order valence-electron chi connectivity index (χ0n) is 9.46. The quantitative estimate of drug-likeness (QED) is 0.625. The lowest BCUT2D eigenvalue weighted by atomic mass is 9.97. The smallest absolute Gasteiger partial charge is 0.240 e. The zero-order valence-corrected chi connectivity index (χ0v) is 9.46. The number of aliphatic hydroxyl groups excluding tert-OH is 1. The summed E-state index contributed by atoms with van der Waals surface area (Å²) in [4.78, 5) is 11.9. The van der Waals surface area contributed by atoms with Crippen LogP contribution in [0.1, 0.15) is 45.4 Å². The van der Waals surface area contributed by atoms with Crippen molar-refractivity contribution in [3.8, 4) is 0 Å². The maximum atomic E-state index is 11.9. The van der Waals surface area contributed by atoms with Gasteiger partial charge in [0.05, 0.1) is 5.54 Å².